The lowest BCUT2D eigenvalue weighted by atomic mass is 10.1. The fraction of sp³-hybridized carbons (Fsp3) is 0.476. The average Bonchev–Trinajstić information content (AvgIpc) is 3.18. The number of halogens is 1. The minimum Gasteiger partial charge on any atom is -0.366 e. The molecule has 0 amide bonds. The van der Waals surface area contributed by atoms with Crippen molar-refractivity contribution in [2.45, 2.75) is 18.9 Å². The molecule has 3 aromatic heterocycles. The van der Waals surface area contributed by atoms with E-state index in [4.69, 9.17) is 9.97 Å². The molecule has 0 bridgehead atoms. The van der Waals surface area contributed by atoms with Gasteiger partial charge >= 0.3 is 0 Å². The molecule has 9 heteroatoms. The third-order valence-corrected chi connectivity index (χ3v) is 5.89. The standard InChI is InChI=1S/C21H27FN8/c1-28-7-9-29(10-8-28)20-11-18(25-16-3-2-6-23-12-16)26-21(27-20)17-13-24-19-5-4-15(22)14-30(17)19/h4-5,11,13-14,16,23H,2-3,6-10,12H2,1H3,(H,25,26,27). The summed E-state index contributed by atoms with van der Waals surface area (Å²) in [7, 11) is 2.14. The van der Waals surface area contributed by atoms with Gasteiger partial charge in [-0.3, -0.25) is 4.40 Å². The van der Waals surface area contributed by atoms with Gasteiger partial charge in [0.25, 0.3) is 0 Å². The summed E-state index contributed by atoms with van der Waals surface area (Å²) in [5.41, 5.74) is 1.36. The van der Waals surface area contributed by atoms with Crippen LogP contribution >= 0.6 is 0 Å². The summed E-state index contributed by atoms with van der Waals surface area (Å²) in [6.45, 7) is 5.81. The van der Waals surface area contributed by atoms with Crippen LogP contribution in [-0.4, -0.2) is 76.6 Å². The van der Waals surface area contributed by atoms with Crippen molar-refractivity contribution in [2.75, 3.05) is 56.5 Å². The highest BCUT2D eigenvalue weighted by atomic mass is 19.1. The van der Waals surface area contributed by atoms with Gasteiger partial charge in [0.15, 0.2) is 5.82 Å². The van der Waals surface area contributed by atoms with Gasteiger partial charge in [-0.2, -0.15) is 0 Å². The summed E-state index contributed by atoms with van der Waals surface area (Å²) < 4.78 is 15.6. The molecule has 0 radical (unpaired) electrons. The van der Waals surface area contributed by atoms with Crippen molar-refractivity contribution in [3.05, 3.63) is 36.4 Å². The van der Waals surface area contributed by atoms with Crippen molar-refractivity contribution in [1.82, 2.24) is 29.6 Å². The highest BCUT2D eigenvalue weighted by Crippen LogP contribution is 2.25. The molecule has 158 valence electrons. The number of anilines is 2. The molecule has 0 spiro atoms. The summed E-state index contributed by atoms with van der Waals surface area (Å²) in [6, 6.07) is 5.45. The molecule has 30 heavy (non-hydrogen) atoms. The Morgan fingerprint density at radius 1 is 1.17 bits per heavy atom. The first-order valence-corrected chi connectivity index (χ1v) is 10.6. The van der Waals surface area contributed by atoms with Crippen molar-refractivity contribution in [3.63, 3.8) is 0 Å². The number of imidazole rings is 1. The number of pyridine rings is 1. The fourth-order valence-electron chi connectivity index (χ4n) is 4.12. The van der Waals surface area contributed by atoms with Crippen LogP contribution < -0.4 is 15.5 Å². The minimum absolute atomic E-state index is 0.316. The van der Waals surface area contributed by atoms with Crippen molar-refractivity contribution < 1.29 is 4.39 Å². The first-order valence-electron chi connectivity index (χ1n) is 10.6. The molecule has 3 aromatic rings. The first kappa shape index (κ1) is 19.2. The molecule has 1 unspecified atom stereocenters. The van der Waals surface area contributed by atoms with Gasteiger partial charge < -0.3 is 20.4 Å². The molecular weight excluding hydrogens is 383 g/mol. The van der Waals surface area contributed by atoms with Gasteiger partial charge in [0.1, 0.15) is 28.8 Å². The zero-order chi connectivity index (χ0) is 20.5. The summed E-state index contributed by atoms with van der Waals surface area (Å²) in [5, 5.41) is 7.01. The van der Waals surface area contributed by atoms with Gasteiger partial charge in [-0.1, -0.05) is 0 Å². The highest BCUT2D eigenvalue weighted by Gasteiger charge is 2.20. The molecule has 2 aliphatic rings. The Labute approximate surface area is 175 Å². The zero-order valence-corrected chi connectivity index (χ0v) is 17.2. The number of likely N-dealkylation sites (N-methyl/N-ethyl adjacent to an activating group) is 1. The molecule has 5 rings (SSSR count). The predicted octanol–water partition coefficient (Wildman–Crippen LogP) is 1.85. The van der Waals surface area contributed by atoms with E-state index in [1.54, 1.807) is 16.7 Å². The second-order valence-corrected chi connectivity index (χ2v) is 8.13. The first-order chi connectivity index (χ1) is 14.7. The van der Waals surface area contributed by atoms with Gasteiger partial charge in [-0.15, -0.1) is 0 Å². The number of fused-ring (bicyclic) bond motifs is 1. The fourth-order valence-corrected chi connectivity index (χ4v) is 4.12. The second kappa shape index (κ2) is 8.16. The normalized spacial score (nSPS) is 20.6. The third kappa shape index (κ3) is 3.95. The number of rotatable bonds is 4. The SMILES string of the molecule is CN1CCN(c2cc(NC3CCCNC3)nc(-c3cnc4ccc(F)cn34)n2)CC1. The number of nitrogens with zero attached hydrogens (tertiary/aromatic N) is 6. The van der Waals surface area contributed by atoms with Crippen LogP contribution in [0.1, 0.15) is 12.8 Å². The molecule has 1 atom stereocenters. The Balaban J connectivity index is 1.53. The minimum atomic E-state index is -0.316. The van der Waals surface area contributed by atoms with Gasteiger partial charge in [0.2, 0.25) is 0 Å². The lowest BCUT2D eigenvalue weighted by Crippen LogP contribution is -2.45. The number of hydrogen-bond donors (Lipinski definition) is 2. The maximum Gasteiger partial charge on any atom is 0.182 e. The van der Waals surface area contributed by atoms with E-state index in [2.05, 4.69) is 32.5 Å². The second-order valence-electron chi connectivity index (χ2n) is 8.13. The van der Waals surface area contributed by atoms with E-state index in [0.717, 1.165) is 63.7 Å². The zero-order valence-electron chi connectivity index (χ0n) is 17.2. The Hall–Kier alpha value is -2.78. The number of nitrogens with one attached hydrogen (secondary N) is 2. The molecule has 2 N–H and O–H groups in total. The van der Waals surface area contributed by atoms with Gasteiger partial charge in [0, 0.05) is 51.0 Å². The summed E-state index contributed by atoms with van der Waals surface area (Å²) in [5.74, 6) is 1.93. The van der Waals surface area contributed by atoms with Crippen LogP contribution in [0.4, 0.5) is 16.0 Å². The largest absolute Gasteiger partial charge is 0.366 e. The molecule has 8 nitrogen and oxygen atoms in total. The average molecular weight is 411 g/mol. The number of hydrogen-bond acceptors (Lipinski definition) is 7. The van der Waals surface area contributed by atoms with Crippen LogP contribution in [0.3, 0.4) is 0 Å². The van der Waals surface area contributed by atoms with E-state index in [0.29, 0.717) is 23.2 Å². The summed E-state index contributed by atoms with van der Waals surface area (Å²) in [4.78, 5) is 18.7. The van der Waals surface area contributed by atoms with Crippen LogP contribution in [0, 0.1) is 5.82 Å². The molecule has 0 aromatic carbocycles. The maximum absolute atomic E-state index is 13.9. The van der Waals surface area contributed by atoms with Crippen LogP contribution in [0.15, 0.2) is 30.6 Å². The molecule has 5 heterocycles. The van der Waals surface area contributed by atoms with Gasteiger partial charge in [-0.25, -0.2) is 19.3 Å². The topological polar surface area (TPSA) is 73.6 Å². The molecule has 0 saturated carbocycles. The van der Waals surface area contributed by atoms with Crippen molar-refractivity contribution in [3.8, 4) is 11.5 Å². The van der Waals surface area contributed by atoms with E-state index in [1.807, 2.05) is 6.07 Å². The van der Waals surface area contributed by atoms with Crippen LogP contribution in [0.2, 0.25) is 0 Å². The lowest BCUT2D eigenvalue weighted by molar-refractivity contribution is 0.312. The monoisotopic (exact) mass is 410 g/mol. The van der Waals surface area contributed by atoms with Crippen molar-refractivity contribution >= 4 is 17.3 Å². The number of piperidine rings is 1. The quantitative estimate of drug-likeness (QED) is 0.680. The maximum atomic E-state index is 13.9. The Kier molecular flexibility index (Phi) is 5.22. The summed E-state index contributed by atoms with van der Waals surface area (Å²) >= 11 is 0. The lowest BCUT2D eigenvalue weighted by Gasteiger charge is -2.33. The van der Waals surface area contributed by atoms with E-state index < -0.39 is 0 Å². The Morgan fingerprint density at radius 3 is 2.83 bits per heavy atom. The van der Waals surface area contributed by atoms with Crippen LogP contribution in [0.25, 0.3) is 17.2 Å². The highest BCUT2D eigenvalue weighted by molar-refractivity contribution is 5.62. The van der Waals surface area contributed by atoms with E-state index in [9.17, 15) is 4.39 Å². The molecule has 0 aliphatic carbocycles. The van der Waals surface area contributed by atoms with Crippen LogP contribution in [-0.2, 0) is 0 Å². The summed E-state index contributed by atoms with van der Waals surface area (Å²) in [6.07, 6.45) is 5.40. The van der Waals surface area contributed by atoms with E-state index in [-0.39, 0.29) is 5.82 Å². The number of piperazine rings is 1. The molecule has 2 fully saturated rings. The smallest absolute Gasteiger partial charge is 0.182 e. The number of aromatic nitrogens is 4. The van der Waals surface area contributed by atoms with Crippen LogP contribution in [0.5, 0.6) is 0 Å². The molecular formula is C21H27FN8. The van der Waals surface area contributed by atoms with E-state index in [1.165, 1.54) is 12.3 Å². The molecule has 2 aliphatic heterocycles. The van der Waals surface area contributed by atoms with Gasteiger partial charge in [-0.05, 0) is 38.6 Å². The predicted molar refractivity (Wildman–Crippen MR) is 115 cm³/mol. The Morgan fingerprint density at radius 2 is 2.03 bits per heavy atom. The van der Waals surface area contributed by atoms with Crippen molar-refractivity contribution in [1.29, 1.82) is 0 Å². The van der Waals surface area contributed by atoms with Gasteiger partial charge in [0.05, 0.1) is 6.20 Å². The molecule has 2 saturated heterocycles. The van der Waals surface area contributed by atoms with Crippen molar-refractivity contribution in [2.24, 2.45) is 0 Å². The van der Waals surface area contributed by atoms with E-state index >= 15 is 0 Å². The third-order valence-electron chi connectivity index (χ3n) is 5.89. The Bertz CT molecular complexity index is 1020.